The Hall–Kier alpha value is -2.70. The van der Waals surface area contributed by atoms with Crippen molar-refractivity contribution in [3.63, 3.8) is 0 Å². The van der Waals surface area contributed by atoms with Crippen LogP contribution in [0, 0.1) is 23.7 Å². The molecule has 5 rings (SSSR count). The SMILES string of the molecule is CCCCC(CC)Cc1csc(C2=c3cc4c(cc3N(CC(CC)CCCC)C2=O)=C(c2cc(CC(CC)CCCC)cs2)C(=O)N4CC(CC)CCCC)c1. The maximum Gasteiger partial charge on any atom is 0.260 e. The summed E-state index contributed by atoms with van der Waals surface area (Å²) in [5, 5.41) is 6.63. The van der Waals surface area contributed by atoms with Gasteiger partial charge in [-0.05, 0) is 95.5 Å². The van der Waals surface area contributed by atoms with Crippen molar-refractivity contribution in [1.82, 2.24) is 0 Å². The number of hydrogen-bond acceptors (Lipinski definition) is 4. The Labute approximate surface area is 348 Å². The van der Waals surface area contributed by atoms with Crippen LogP contribution in [0.15, 0.2) is 35.0 Å². The molecular weight excluding hydrogens is 725 g/mol. The van der Waals surface area contributed by atoms with E-state index in [1.165, 1.54) is 75.3 Å². The van der Waals surface area contributed by atoms with Crippen LogP contribution in [-0.4, -0.2) is 24.9 Å². The molecule has 56 heavy (non-hydrogen) atoms. The molecule has 0 fully saturated rings. The lowest BCUT2D eigenvalue weighted by Gasteiger charge is -2.26. The average Bonchev–Trinajstić information content (AvgIpc) is 3.98. The number of amides is 2. The van der Waals surface area contributed by atoms with Crippen molar-refractivity contribution in [3.05, 3.63) is 66.3 Å². The van der Waals surface area contributed by atoms with E-state index < -0.39 is 0 Å². The minimum absolute atomic E-state index is 0.134. The number of benzene rings is 1. The van der Waals surface area contributed by atoms with Gasteiger partial charge in [-0.25, -0.2) is 0 Å². The summed E-state index contributed by atoms with van der Waals surface area (Å²) in [6.07, 6.45) is 21.1. The van der Waals surface area contributed by atoms with Gasteiger partial charge in [0.15, 0.2) is 0 Å². The van der Waals surface area contributed by atoms with E-state index in [4.69, 9.17) is 0 Å². The highest BCUT2D eigenvalue weighted by atomic mass is 32.1. The predicted molar refractivity (Wildman–Crippen MR) is 245 cm³/mol. The Morgan fingerprint density at radius 2 is 0.821 bits per heavy atom. The van der Waals surface area contributed by atoms with E-state index in [0.29, 0.717) is 23.7 Å². The molecule has 308 valence electrons. The van der Waals surface area contributed by atoms with Gasteiger partial charge in [0.05, 0.1) is 22.5 Å². The summed E-state index contributed by atoms with van der Waals surface area (Å²) >= 11 is 3.46. The van der Waals surface area contributed by atoms with Crippen LogP contribution in [0.2, 0.25) is 0 Å². The van der Waals surface area contributed by atoms with Crippen molar-refractivity contribution < 1.29 is 9.59 Å². The van der Waals surface area contributed by atoms with Crippen LogP contribution >= 0.6 is 22.7 Å². The van der Waals surface area contributed by atoms with E-state index in [-0.39, 0.29) is 11.8 Å². The number of nitrogens with zero attached hydrogens (tertiary/aromatic N) is 2. The molecule has 6 heteroatoms. The quantitative estimate of drug-likeness (QED) is 0.0811. The van der Waals surface area contributed by atoms with Gasteiger partial charge in [0.25, 0.3) is 11.8 Å². The predicted octanol–water partition coefficient (Wildman–Crippen LogP) is 12.9. The molecule has 0 N–H and O–H groups in total. The molecule has 3 aromatic rings. The van der Waals surface area contributed by atoms with Gasteiger partial charge >= 0.3 is 0 Å². The molecule has 2 aromatic heterocycles. The minimum Gasteiger partial charge on any atom is -0.307 e. The molecule has 4 nitrogen and oxygen atoms in total. The molecule has 1 aromatic carbocycles. The first-order valence-corrected chi connectivity index (χ1v) is 24.7. The molecule has 4 atom stereocenters. The molecule has 0 aliphatic carbocycles. The molecule has 0 saturated heterocycles. The number of carbonyl (C=O) groups excluding carboxylic acids is 2. The first-order valence-electron chi connectivity index (χ1n) is 23.0. The summed E-state index contributed by atoms with van der Waals surface area (Å²) in [7, 11) is 0. The first-order chi connectivity index (χ1) is 27.2. The van der Waals surface area contributed by atoms with Crippen molar-refractivity contribution in [3.8, 4) is 0 Å². The van der Waals surface area contributed by atoms with Gasteiger partial charge in [0.1, 0.15) is 0 Å². The topological polar surface area (TPSA) is 40.6 Å². The lowest BCUT2D eigenvalue weighted by molar-refractivity contribution is -0.114. The Morgan fingerprint density at radius 3 is 1.14 bits per heavy atom. The summed E-state index contributed by atoms with van der Waals surface area (Å²) in [6, 6.07) is 9.14. The summed E-state index contributed by atoms with van der Waals surface area (Å²) in [6.45, 7) is 19.7. The van der Waals surface area contributed by atoms with E-state index >= 15 is 0 Å². The van der Waals surface area contributed by atoms with E-state index in [0.717, 1.165) is 107 Å². The van der Waals surface area contributed by atoms with E-state index in [1.807, 2.05) is 0 Å². The largest absolute Gasteiger partial charge is 0.307 e. The molecule has 2 amide bonds. The van der Waals surface area contributed by atoms with Crippen molar-refractivity contribution >= 4 is 57.0 Å². The van der Waals surface area contributed by atoms with Crippen molar-refractivity contribution in [1.29, 1.82) is 0 Å². The van der Waals surface area contributed by atoms with Crippen LogP contribution in [0.1, 0.15) is 179 Å². The van der Waals surface area contributed by atoms with Gasteiger partial charge in [0.2, 0.25) is 0 Å². The van der Waals surface area contributed by atoms with Gasteiger partial charge in [-0.3, -0.25) is 9.59 Å². The normalized spacial score (nSPS) is 16.2. The number of hydrogen-bond donors (Lipinski definition) is 0. The van der Waals surface area contributed by atoms with Gasteiger partial charge in [-0.15, -0.1) is 22.7 Å². The number of anilines is 2. The Morgan fingerprint density at radius 1 is 0.482 bits per heavy atom. The fourth-order valence-electron chi connectivity index (χ4n) is 9.11. The second-order valence-corrected chi connectivity index (χ2v) is 19.0. The van der Waals surface area contributed by atoms with Crippen LogP contribution in [0.3, 0.4) is 0 Å². The second kappa shape index (κ2) is 21.9. The number of unbranched alkanes of at least 4 members (excludes halogenated alkanes) is 4. The Kier molecular flexibility index (Phi) is 17.4. The third kappa shape index (κ3) is 10.5. The highest BCUT2D eigenvalue weighted by Crippen LogP contribution is 2.37. The number of carbonyl (C=O) groups is 2. The molecule has 0 spiro atoms. The van der Waals surface area contributed by atoms with Crippen molar-refractivity contribution in [2.75, 3.05) is 22.9 Å². The zero-order chi connectivity index (χ0) is 40.2. The molecule has 0 saturated carbocycles. The second-order valence-electron chi connectivity index (χ2n) is 17.2. The fourth-order valence-corrected chi connectivity index (χ4v) is 11.1. The van der Waals surface area contributed by atoms with Gasteiger partial charge < -0.3 is 9.80 Å². The highest BCUT2D eigenvalue weighted by Gasteiger charge is 2.38. The summed E-state index contributed by atoms with van der Waals surface area (Å²) in [5.41, 5.74) is 6.37. The van der Waals surface area contributed by atoms with E-state index in [9.17, 15) is 9.59 Å². The first kappa shape index (κ1) is 44.4. The monoisotopic (exact) mass is 799 g/mol. The number of rotatable bonds is 26. The number of fused-ring (bicyclic) bond motifs is 2. The third-order valence-electron chi connectivity index (χ3n) is 13.1. The molecule has 2 aliphatic rings. The Balaban J connectivity index is 1.67. The maximum atomic E-state index is 14.9. The van der Waals surface area contributed by atoms with Crippen LogP contribution in [0.4, 0.5) is 11.4 Å². The molecule has 2 aliphatic heterocycles. The van der Waals surface area contributed by atoms with Crippen molar-refractivity contribution in [2.45, 2.75) is 171 Å². The molecular formula is C50H74N2O2S2. The van der Waals surface area contributed by atoms with Crippen LogP contribution in [0.25, 0.3) is 11.1 Å². The van der Waals surface area contributed by atoms with Gasteiger partial charge in [-0.1, -0.05) is 145 Å². The fraction of sp³-hybridized carbons (Fsp3) is 0.640. The summed E-state index contributed by atoms with van der Waals surface area (Å²) in [4.78, 5) is 36.2. The molecule has 0 bridgehead atoms. The highest BCUT2D eigenvalue weighted by molar-refractivity contribution is 7.12. The molecule has 4 heterocycles. The van der Waals surface area contributed by atoms with Crippen molar-refractivity contribution in [2.24, 2.45) is 23.7 Å². The zero-order valence-corrected chi connectivity index (χ0v) is 38.1. The van der Waals surface area contributed by atoms with E-state index in [2.05, 4.69) is 100 Å². The Bertz CT molecular complexity index is 1720. The summed E-state index contributed by atoms with van der Waals surface area (Å²) < 4.78 is 0. The molecule has 0 radical (unpaired) electrons. The smallest absolute Gasteiger partial charge is 0.260 e. The van der Waals surface area contributed by atoms with Gasteiger partial charge in [-0.2, -0.15) is 0 Å². The lowest BCUT2D eigenvalue weighted by Crippen LogP contribution is -2.35. The van der Waals surface area contributed by atoms with Crippen LogP contribution < -0.4 is 20.2 Å². The lowest BCUT2D eigenvalue weighted by atomic mass is 9.93. The van der Waals surface area contributed by atoms with Gasteiger partial charge in [0, 0.05) is 33.3 Å². The average molecular weight is 799 g/mol. The number of thiophene rings is 2. The maximum absolute atomic E-state index is 14.9. The minimum atomic E-state index is 0.134. The standard InChI is InChI=1S/C50H74N2O2S2/c1-9-17-21-35(13-5)25-39-27-45(55-33-39)47-41-29-44-42(30-43(41)51(49(47)53)31-37(15-7)23-19-11-3)48(50(54)52(44)32-38(16-8)24-20-12-4)46-28-40(34-56-46)26-36(14-6)22-18-10-2/h27-30,33-38H,9-26,31-32H2,1-8H3. The zero-order valence-electron chi connectivity index (χ0n) is 36.4. The summed E-state index contributed by atoms with van der Waals surface area (Å²) in [5.74, 6) is 2.49. The van der Waals surface area contributed by atoms with Crippen LogP contribution in [-0.2, 0) is 22.4 Å². The van der Waals surface area contributed by atoms with E-state index in [1.54, 1.807) is 22.7 Å². The van der Waals surface area contributed by atoms with Crippen LogP contribution in [0.5, 0.6) is 0 Å². The third-order valence-corrected chi connectivity index (χ3v) is 15.0. The molecule has 4 unspecified atom stereocenters.